The first-order valence-electron chi connectivity index (χ1n) is 22.1. The van der Waals surface area contributed by atoms with Crippen molar-refractivity contribution in [1.82, 2.24) is 15.2 Å². The molecule has 5 heterocycles. The van der Waals surface area contributed by atoms with Gasteiger partial charge in [-0.2, -0.15) is 0 Å². The van der Waals surface area contributed by atoms with E-state index >= 15 is 0 Å². The van der Waals surface area contributed by atoms with Crippen molar-refractivity contribution >= 4 is 61.7 Å². The molecule has 0 amide bonds. The van der Waals surface area contributed by atoms with E-state index in [1.165, 1.54) is 0 Å². The van der Waals surface area contributed by atoms with Gasteiger partial charge in [0.2, 0.25) is 0 Å². The lowest BCUT2D eigenvalue weighted by molar-refractivity contribution is 0.666. The Morgan fingerprint density at radius 1 is 0.431 bits per heavy atom. The van der Waals surface area contributed by atoms with Crippen molar-refractivity contribution in [3.05, 3.63) is 246 Å². The third-order valence-corrected chi connectivity index (χ3v) is 12.8. The van der Waals surface area contributed by atoms with E-state index in [0.717, 1.165) is 112 Å². The van der Waals surface area contributed by atoms with E-state index in [-0.39, 0.29) is 12.1 Å². The summed E-state index contributed by atoms with van der Waals surface area (Å²) in [5, 5.41) is 10.9. The SMILES string of the molecule is C1=C(N2c3ccccc3-c3c(n(C4=CC(c5ccccc5)NC(c5cccc6c5oc5ccccc56)=N4)c4ccccc34)-c3ccccc32)N=C(c2ccccc2)NC1c1ccccc1. The molecule has 0 bridgehead atoms. The number of amidine groups is 2. The molecule has 7 nitrogen and oxygen atoms in total. The minimum absolute atomic E-state index is 0.128. The standard InChI is InChI=1S/C58H40N6O/c1-4-19-37(20-5-1)46-35-52(61-57(59-46)39-23-8-3-9-24-39)63-48-31-14-10-26-42(48)54-43-27-11-15-32-49(43)64(55(54)44-28-12-16-33-50(44)63)53-36-47(38-21-6-2-7-22-38)60-58(62-53)45-30-18-29-41-40-25-13-17-34-51(40)65-56(41)45/h1-36,46-47H,(H,59,61)(H,60,62). The number of nitrogens with one attached hydrogen (secondary N) is 2. The zero-order valence-corrected chi connectivity index (χ0v) is 35.1. The molecule has 2 atom stereocenters. The minimum atomic E-state index is -0.194. The minimum Gasteiger partial charge on any atom is -0.455 e. The highest BCUT2D eigenvalue weighted by atomic mass is 16.3. The molecule has 0 radical (unpaired) electrons. The van der Waals surface area contributed by atoms with Crippen molar-refractivity contribution in [2.45, 2.75) is 12.1 Å². The topological polar surface area (TPSA) is 70.1 Å². The molecule has 0 aliphatic carbocycles. The third-order valence-electron chi connectivity index (χ3n) is 12.8. The van der Waals surface area contributed by atoms with Gasteiger partial charge in [-0.15, -0.1) is 0 Å². The first-order valence-corrected chi connectivity index (χ1v) is 22.1. The molecule has 2 unspecified atom stereocenters. The molecule has 0 saturated carbocycles. The Morgan fingerprint density at radius 3 is 1.72 bits per heavy atom. The highest BCUT2D eigenvalue weighted by molar-refractivity contribution is 6.17. The Bertz CT molecular complexity index is 3620. The molecule has 2 aromatic heterocycles. The first-order chi connectivity index (χ1) is 32.2. The Hall–Kier alpha value is -8.68. The molecule has 7 heteroatoms. The summed E-state index contributed by atoms with van der Waals surface area (Å²) in [5.41, 5.74) is 13.4. The Balaban J connectivity index is 1.07. The van der Waals surface area contributed by atoms with Crippen LogP contribution in [-0.4, -0.2) is 16.2 Å². The van der Waals surface area contributed by atoms with E-state index in [2.05, 4.69) is 220 Å². The monoisotopic (exact) mass is 836 g/mol. The van der Waals surface area contributed by atoms with Crippen molar-refractivity contribution in [2.75, 3.05) is 4.90 Å². The molecule has 2 N–H and O–H groups in total. The fourth-order valence-electron chi connectivity index (χ4n) is 9.92. The maximum atomic E-state index is 6.63. The Morgan fingerprint density at radius 2 is 0.969 bits per heavy atom. The molecule has 65 heavy (non-hydrogen) atoms. The second-order valence-electron chi connectivity index (χ2n) is 16.6. The van der Waals surface area contributed by atoms with Crippen LogP contribution in [0.5, 0.6) is 0 Å². The molecule has 3 aliphatic rings. The Kier molecular flexibility index (Phi) is 8.52. The van der Waals surface area contributed by atoms with Gasteiger partial charge in [0.1, 0.15) is 34.5 Å². The van der Waals surface area contributed by atoms with Crippen molar-refractivity contribution in [3.8, 4) is 22.4 Å². The van der Waals surface area contributed by atoms with Gasteiger partial charge in [0.15, 0.2) is 0 Å². The number of furan rings is 1. The van der Waals surface area contributed by atoms with Crippen LogP contribution in [0.3, 0.4) is 0 Å². The number of aromatic nitrogens is 1. The van der Waals surface area contributed by atoms with Gasteiger partial charge in [-0.1, -0.05) is 176 Å². The highest BCUT2D eigenvalue weighted by Gasteiger charge is 2.35. The van der Waals surface area contributed by atoms with Crippen molar-refractivity contribution in [2.24, 2.45) is 9.98 Å². The summed E-state index contributed by atoms with van der Waals surface area (Å²) in [6.07, 6.45) is 4.52. The quantitative estimate of drug-likeness (QED) is 0.175. The van der Waals surface area contributed by atoms with Gasteiger partial charge < -0.3 is 15.1 Å². The molecule has 0 spiro atoms. The molecular formula is C58H40N6O. The van der Waals surface area contributed by atoms with E-state index in [4.69, 9.17) is 14.4 Å². The highest BCUT2D eigenvalue weighted by Crippen LogP contribution is 2.54. The van der Waals surface area contributed by atoms with E-state index < -0.39 is 0 Å². The fraction of sp³-hybridized carbons (Fsp3) is 0.0345. The smallest absolute Gasteiger partial charge is 0.146 e. The zero-order chi connectivity index (χ0) is 42.8. The molecular weight excluding hydrogens is 797 g/mol. The third kappa shape index (κ3) is 6.04. The lowest BCUT2D eigenvalue weighted by Crippen LogP contribution is -2.34. The van der Waals surface area contributed by atoms with Crippen LogP contribution in [-0.2, 0) is 0 Å². The molecule has 8 aromatic carbocycles. The maximum Gasteiger partial charge on any atom is 0.146 e. The predicted molar refractivity (Wildman–Crippen MR) is 265 cm³/mol. The zero-order valence-electron chi connectivity index (χ0n) is 35.1. The molecule has 0 saturated heterocycles. The van der Waals surface area contributed by atoms with E-state index in [9.17, 15) is 0 Å². The largest absolute Gasteiger partial charge is 0.455 e. The number of aliphatic imine (C=N–C) groups is 2. The summed E-state index contributed by atoms with van der Waals surface area (Å²) in [7, 11) is 0. The summed E-state index contributed by atoms with van der Waals surface area (Å²) >= 11 is 0. The molecule has 3 aliphatic heterocycles. The summed E-state index contributed by atoms with van der Waals surface area (Å²) in [4.78, 5) is 13.4. The van der Waals surface area contributed by atoms with Crippen LogP contribution in [0.1, 0.15) is 34.3 Å². The van der Waals surface area contributed by atoms with Gasteiger partial charge in [0.05, 0.1) is 40.2 Å². The normalized spacial score (nSPS) is 16.6. The number of anilines is 2. The number of benzene rings is 8. The van der Waals surface area contributed by atoms with Gasteiger partial charge in [-0.05, 0) is 53.6 Å². The van der Waals surface area contributed by atoms with Gasteiger partial charge >= 0.3 is 0 Å². The van der Waals surface area contributed by atoms with Crippen LogP contribution in [0, 0.1) is 0 Å². The maximum absolute atomic E-state index is 6.63. The number of rotatable bonds is 6. The molecule has 10 aromatic rings. The second-order valence-corrected chi connectivity index (χ2v) is 16.6. The first kappa shape index (κ1) is 36.9. The van der Waals surface area contributed by atoms with Crippen molar-refractivity contribution in [3.63, 3.8) is 0 Å². The van der Waals surface area contributed by atoms with E-state index in [1.54, 1.807) is 0 Å². The number of fused-ring (bicyclic) bond motifs is 10. The molecule has 0 fully saturated rings. The average Bonchev–Trinajstić information content (AvgIpc) is 3.90. The second kappa shape index (κ2) is 15.0. The van der Waals surface area contributed by atoms with Gasteiger partial charge in [0, 0.05) is 38.4 Å². The van der Waals surface area contributed by atoms with Crippen LogP contribution >= 0.6 is 0 Å². The van der Waals surface area contributed by atoms with Gasteiger partial charge in [-0.3, -0.25) is 9.47 Å². The number of hydrogen-bond acceptors (Lipinski definition) is 6. The lowest BCUT2D eigenvalue weighted by Gasteiger charge is -2.32. The van der Waals surface area contributed by atoms with Crippen molar-refractivity contribution < 1.29 is 4.42 Å². The predicted octanol–water partition coefficient (Wildman–Crippen LogP) is 13.5. The van der Waals surface area contributed by atoms with Crippen LogP contribution in [0.25, 0.3) is 61.0 Å². The average molecular weight is 837 g/mol. The van der Waals surface area contributed by atoms with Crippen LogP contribution < -0.4 is 15.5 Å². The van der Waals surface area contributed by atoms with Crippen LogP contribution in [0.15, 0.2) is 239 Å². The summed E-state index contributed by atoms with van der Waals surface area (Å²) in [5.74, 6) is 3.21. The summed E-state index contributed by atoms with van der Waals surface area (Å²) in [6.45, 7) is 0. The van der Waals surface area contributed by atoms with E-state index in [0.29, 0.717) is 0 Å². The van der Waals surface area contributed by atoms with Crippen molar-refractivity contribution in [1.29, 1.82) is 0 Å². The van der Waals surface area contributed by atoms with Gasteiger partial charge in [-0.25, -0.2) is 9.98 Å². The number of hydrogen-bond donors (Lipinski definition) is 2. The molecule has 308 valence electrons. The number of nitrogens with zero attached hydrogens (tertiary/aromatic N) is 4. The Labute approximate surface area is 375 Å². The van der Waals surface area contributed by atoms with Crippen LogP contribution in [0.2, 0.25) is 0 Å². The van der Waals surface area contributed by atoms with Crippen LogP contribution in [0.4, 0.5) is 11.4 Å². The van der Waals surface area contributed by atoms with E-state index in [1.807, 2.05) is 18.2 Å². The number of para-hydroxylation sites is 5. The lowest BCUT2D eigenvalue weighted by atomic mass is 9.98. The summed E-state index contributed by atoms with van der Waals surface area (Å²) < 4.78 is 9.01. The van der Waals surface area contributed by atoms with Gasteiger partial charge in [0.25, 0.3) is 0 Å². The molecule has 13 rings (SSSR count). The summed E-state index contributed by atoms with van der Waals surface area (Å²) in [6, 6.07) is 72.1. The fourth-order valence-corrected chi connectivity index (χ4v) is 9.92.